The molecule has 0 saturated heterocycles. The summed E-state index contributed by atoms with van der Waals surface area (Å²) < 4.78 is 29.1. The molecule has 2 aromatic carbocycles. The van der Waals surface area contributed by atoms with Crippen molar-refractivity contribution in [2.24, 2.45) is 0 Å². The van der Waals surface area contributed by atoms with Crippen LogP contribution in [0.1, 0.15) is 28.3 Å². The van der Waals surface area contributed by atoms with Crippen LogP contribution >= 0.6 is 0 Å². The van der Waals surface area contributed by atoms with Gasteiger partial charge in [-0.2, -0.15) is 0 Å². The topological polar surface area (TPSA) is 49.4 Å². The van der Waals surface area contributed by atoms with Gasteiger partial charge in [0.1, 0.15) is 5.60 Å². The molecule has 1 aliphatic carbocycles. The second-order valence-corrected chi connectivity index (χ2v) is 7.64. The Hall–Kier alpha value is -2.44. The van der Waals surface area contributed by atoms with Crippen LogP contribution in [0.25, 0.3) is 0 Å². The summed E-state index contributed by atoms with van der Waals surface area (Å²) in [6, 6.07) is 8.37. The third-order valence-corrected chi connectivity index (χ3v) is 6.44. The zero-order valence-electron chi connectivity index (χ0n) is 16.7. The molecule has 0 unspecified atom stereocenters. The lowest BCUT2D eigenvalue weighted by atomic mass is 9.83. The summed E-state index contributed by atoms with van der Waals surface area (Å²) in [6.07, 6.45) is 1.68. The van der Waals surface area contributed by atoms with Crippen LogP contribution in [0.4, 0.5) is 0 Å². The molecule has 2 aliphatic heterocycles. The van der Waals surface area contributed by atoms with E-state index in [2.05, 4.69) is 30.1 Å². The molecule has 0 spiro atoms. The van der Waals surface area contributed by atoms with E-state index in [4.69, 9.17) is 23.7 Å². The van der Waals surface area contributed by atoms with E-state index in [0.29, 0.717) is 0 Å². The zero-order chi connectivity index (χ0) is 19.5. The lowest BCUT2D eigenvalue weighted by molar-refractivity contribution is -0.0675. The van der Waals surface area contributed by atoms with E-state index in [1.54, 1.807) is 21.3 Å². The van der Waals surface area contributed by atoms with Gasteiger partial charge in [-0.15, -0.1) is 0 Å². The van der Waals surface area contributed by atoms with E-state index in [0.717, 1.165) is 47.9 Å². The number of rotatable bonds is 3. The largest absolute Gasteiger partial charge is 0.493 e. The first-order chi connectivity index (χ1) is 13.6. The minimum atomic E-state index is -0.524. The number of nitrogens with zero attached hydrogens (tertiary/aromatic N) is 1. The minimum Gasteiger partial charge on any atom is -0.493 e. The van der Waals surface area contributed by atoms with Gasteiger partial charge in [-0.05, 0) is 48.4 Å². The molecule has 0 amide bonds. The van der Waals surface area contributed by atoms with E-state index >= 15 is 0 Å². The van der Waals surface area contributed by atoms with Crippen molar-refractivity contribution in [3.63, 3.8) is 0 Å². The van der Waals surface area contributed by atoms with Crippen molar-refractivity contribution < 1.29 is 23.7 Å². The molecule has 0 fully saturated rings. The molecule has 2 heterocycles. The van der Waals surface area contributed by atoms with Gasteiger partial charge in [-0.3, -0.25) is 4.90 Å². The lowest BCUT2D eigenvalue weighted by Crippen LogP contribution is -2.40. The van der Waals surface area contributed by atoms with Gasteiger partial charge in [0.15, 0.2) is 23.0 Å². The average molecular weight is 383 g/mol. The fraction of sp³-hybridized carbons (Fsp3) is 0.455. The molecule has 0 saturated carbocycles. The second kappa shape index (κ2) is 6.29. The molecule has 0 N–H and O–H groups in total. The maximum absolute atomic E-state index is 6.36. The SMILES string of the molecule is COc1cc2c(cc1OC)[C@]1(OC)Cc3ccc4c(c3[C@@H]1N(C)CC2)OCO4. The van der Waals surface area contributed by atoms with Crippen LogP contribution in [0.5, 0.6) is 23.0 Å². The van der Waals surface area contributed by atoms with E-state index in [1.807, 2.05) is 6.07 Å². The Morgan fingerprint density at radius 1 is 1.04 bits per heavy atom. The quantitative estimate of drug-likeness (QED) is 0.812. The second-order valence-electron chi connectivity index (χ2n) is 7.64. The highest BCUT2D eigenvalue weighted by atomic mass is 16.7. The molecule has 2 atom stereocenters. The van der Waals surface area contributed by atoms with Crippen molar-refractivity contribution in [3.05, 3.63) is 46.5 Å². The first kappa shape index (κ1) is 17.6. The summed E-state index contributed by atoms with van der Waals surface area (Å²) in [7, 11) is 7.30. The van der Waals surface area contributed by atoms with Crippen LogP contribution in [0.3, 0.4) is 0 Å². The average Bonchev–Trinajstić information content (AvgIpc) is 3.30. The molecule has 3 aliphatic rings. The van der Waals surface area contributed by atoms with Crippen molar-refractivity contribution in [2.75, 3.05) is 41.7 Å². The summed E-state index contributed by atoms with van der Waals surface area (Å²) in [5.74, 6) is 3.15. The highest BCUT2D eigenvalue weighted by Crippen LogP contribution is 2.58. The summed E-state index contributed by atoms with van der Waals surface area (Å²) in [5, 5.41) is 0. The zero-order valence-corrected chi connectivity index (χ0v) is 16.7. The molecule has 0 radical (unpaired) electrons. The van der Waals surface area contributed by atoms with E-state index in [9.17, 15) is 0 Å². The number of hydrogen-bond donors (Lipinski definition) is 0. The number of hydrogen-bond acceptors (Lipinski definition) is 6. The van der Waals surface area contributed by atoms with Gasteiger partial charge in [0, 0.05) is 25.6 Å². The van der Waals surface area contributed by atoms with Crippen molar-refractivity contribution in [2.45, 2.75) is 24.5 Å². The molecular formula is C22H25NO5. The van der Waals surface area contributed by atoms with Gasteiger partial charge in [0.05, 0.1) is 20.3 Å². The maximum atomic E-state index is 6.36. The first-order valence-electron chi connectivity index (χ1n) is 9.55. The van der Waals surface area contributed by atoms with Crippen LogP contribution in [-0.4, -0.2) is 46.6 Å². The molecule has 148 valence electrons. The van der Waals surface area contributed by atoms with Crippen LogP contribution in [0.15, 0.2) is 24.3 Å². The van der Waals surface area contributed by atoms with Crippen molar-refractivity contribution in [1.82, 2.24) is 4.90 Å². The molecule has 28 heavy (non-hydrogen) atoms. The van der Waals surface area contributed by atoms with Crippen LogP contribution in [-0.2, 0) is 23.2 Å². The fourth-order valence-corrected chi connectivity index (χ4v) is 5.16. The highest BCUT2D eigenvalue weighted by molar-refractivity contribution is 5.61. The number of benzene rings is 2. The van der Waals surface area contributed by atoms with Gasteiger partial charge in [0.25, 0.3) is 0 Å². The predicted molar refractivity (Wildman–Crippen MR) is 104 cm³/mol. The van der Waals surface area contributed by atoms with Crippen LogP contribution < -0.4 is 18.9 Å². The van der Waals surface area contributed by atoms with E-state index < -0.39 is 5.60 Å². The van der Waals surface area contributed by atoms with Crippen molar-refractivity contribution in [1.29, 1.82) is 0 Å². The molecule has 0 bridgehead atoms. The Morgan fingerprint density at radius 3 is 2.57 bits per heavy atom. The maximum Gasteiger partial charge on any atom is 0.231 e. The summed E-state index contributed by atoms with van der Waals surface area (Å²) in [5.41, 5.74) is 4.29. The van der Waals surface area contributed by atoms with E-state index in [1.165, 1.54) is 16.7 Å². The van der Waals surface area contributed by atoms with Gasteiger partial charge in [-0.1, -0.05) is 6.07 Å². The van der Waals surface area contributed by atoms with Gasteiger partial charge in [-0.25, -0.2) is 0 Å². The molecule has 0 aromatic heterocycles. The summed E-state index contributed by atoms with van der Waals surface area (Å²) in [4.78, 5) is 2.37. The monoisotopic (exact) mass is 383 g/mol. The number of ether oxygens (including phenoxy) is 5. The molecular weight excluding hydrogens is 358 g/mol. The Bertz CT molecular complexity index is 943. The third kappa shape index (κ3) is 2.22. The lowest BCUT2D eigenvalue weighted by Gasteiger charge is -2.39. The normalized spacial score (nSPS) is 24.9. The predicted octanol–water partition coefficient (Wildman–Crippen LogP) is 3.06. The first-order valence-corrected chi connectivity index (χ1v) is 9.55. The van der Waals surface area contributed by atoms with Gasteiger partial charge in [0.2, 0.25) is 6.79 Å². The Morgan fingerprint density at radius 2 is 1.82 bits per heavy atom. The van der Waals surface area contributed by atoms with E-state index in [-0.39, 0.29) is 12.8 Å². The molecule has 5 rings (SSSR count). The van der Waals surface area contributed by atoms with Gasteiger partial charge < -0.3 is 23.7 Å². The molecule has 6 heteroatoms. The number of fused-ring (bicyclic) bond motifs is 7. The number of likely N-dealkylation sites (N-methyl/N-ethyl adjacent to an activating group) is 1. The standard InChI is InChI=1S/C22H25NO5/c1-23-8-7-13-9-17(24-2)18(25-3)10-15(13)22(26-4)11-14-5-6-16-20(28-12-27-16)19(14)21(22)23/h5-6,9-10,21H,7-8,11-12H2,1-4H3/t21-,22+/m0/s1. The smallest absolute Gasteiger partial charge is 0.231 e. The van der Waals surface area contributed by atoms with Gasteiger partial charge >= 0.3 is 0 Å². The Balaban J connectivity index is 1.76. The van der Waals surface area contributed by atoms with Crippen LogP contribution in [0.2, 0.25) is 0 Å². The number of methoxy groups -OCH3 is 3. The summed E-state index contributed by atoms with van der Waals surface area (Å²) in [6.45, 7) is 1.17. The van der Waals surface area contributed by atoms with Crippen molar-refractivity contribution in [3.8, 4) is 23.0 Å². The third-order valence-electron chi connectivity index (χ3n) is 6.44. The molecule has 2 aromatic rings. The Kier molecular flexibility index (Phi) is 3.96. The minimum absolute atomic E-state index is 0.0310. The molecule has 6 nitrogen and oxygen atoms in total. The highest BCUT2D eigenvalue weighted by Gasteiger charge is 2.54. The summed E-state index contributed by atoms with van der Waals surface area (Å²) >= 11 is 0. The van der Waals surface area contributed by atoms with Crippen molar-refractivity contribution >= 4 is 0 Å². The fourth-order valence-electron chi connectivity index (χ4n) is 5.16. The van der Waals surface area contributed by atoms with Crippen LogP contribution in [0, 0.1) is 0 Å². The Labute approximate surface area is 164 Å².